The van der Waals surface area contributed by atoms with Crippen LogP contribution < -0.4 is 5.56 Å². The largest absolute Gasteiger partial charge is 0.310 e. The van der Waals surface area contributed by atoms with Crippen LogP contribution in [-0.2, 0) is 12.8 Å². The van der Waals surface area contributed by atoms with E-state index in [4.69, 9.17) is 0 Å². The Morgan fingerprint density at radius 1 is 1.28 bits per heavy atom. The van der Waals surface area contributed by atoms with Crippen LogP contribution in [0.25, 0.3) is 10.2 Å². The molecule has 98 valence electrons. The van der Waals surface area contributed by atoms with Gasteiger partial charge in [-0.1, -0.05) is 26.7 Å². The van der Waals surface area contributed by atoms with Crippen molar-refractivity contribution in [1.29, 1.82) is 0 Å². The van der Waals surface area contributed by atoms with Gasteiger partial charge < -0.3 is 4.98 Å². The number of aromatic nitrogens is 2. The topological polar surface area (TPSA) is 45.8 Å². The molecular formula is C14H20N2OS. The lowest BCUT2D eigenvalue weighted by Crippen LogP contribution is -2.10. The van der Waals surface area contributed by atoms with Gasteiger partial charge >= 0.3 is 0 Å². The van der Waals surface area contributed by atoms with Crippen LogP contribution in [0.1, 0.15) is 49.4 Å². The molecule has 0 fully saturated rings. The van der Waals surface area contributed by atoms with Gasteiger partial charge in [0.05, 0.1) is 5.39 Å². The maximum Gasteiger partial charge on any atom is 0.259 e. The van der Waals surface area contributed by atoms with Crippen LogP contribution in [0.3, 0.4) is 0 Å². The highest BCUT2D eigenvalue weighted by molar-refractivity contribution is 7.18. The van der Waals surface area contributed by atoms with Crippen LogP contribution >= 0.6 is 11.3 Å². The highest BCUT2D eigenvalue weighted by Gasteiger charge is 2.13. The number of unbranched alkanes of at least 4 members (excludes halogenated alkanes) is 2. The number of hydrogen-bond acceptors (Lipinski definition) is 3. The molecule has 2 aromatic heterocycles. The number of fused-ring (bicyclic) bond motifs is 1. The van der Waals surface area contributed by atoms with Crippen molar-refractivity contribution >= 4 is 21.6 Å². The van der Waals surface area contributed by atoms with Crippen LogP contribution in [0.2, 0.25) is 0 Å². The van der Waals surface area contributed by atoms with Gasteiger partial charge in [0.1, 0.15) is 10.7 Å². The molecule has 2 heterocycles. The monoisotopic (exact) mass is 264 g/mol. The third-order valence-electron chi connectivity index (χ3n) is 3.29. The zero-order valence-electron chi connectivity index (χ0n) is 11.3. The second-order valence-corrected chi connectivity index (χ2v) is 5.74. The molecule has 0 saturated carbocycles. The maximum absolute atomic E-state index is 12.0. The van der Waals surface area contributed by atoms with Gasteiger partial charge in [-0.15, -0.1) is 11.3 Å². The van der Waals surface area contributed by atoms with Crippen LogP contribution in [0.5, 0.6) is 0 Å². The van der Waals surface area contributed by atoms with Crippen LogP contribution in [0.4, 0.5) is 0 Å². The Morgan fingerprint density at radius 2 is 2.06 bits per heavy atom. The molecule has 0 aromatic carbocycles. The minimum absolute atomic E-state index is 0.0207. The molecule has 0 aliphatic rings. The smallest absolute Gasteiger partial charge is 0.259 e. The van der Waals surface area contributed by atoms with Crippen molar-refractivity contribution in [2.45, 2.75) is 52.9 Å². The molecule has 0 amide bonds. The van der Waals surface area contributed by atoms with Crippen LogP contribution in [0, 0.1) is 6.92 Å². The zero-order valence-corrected chi connectivity index (χ0v) is 12.1. The summed E-state index contributed by atoms with van der Waals surface area (Å²) in [5, 5.41) is 0.795. The lowest BCUT2D eigenvalue weighted by molar-refractivity contribution is 0.721. The third-order valence-corrected chi connectivity index (χ3v) is 4.54. The van der Waals surface area contributed by atoms with Gasteiger partial charge in [0.2, 0.25) is 0 Å². The molecule has 0 saturated heterocycles. The average Bonchev–Trinajstić information content (AvgIpc) is 2.67. The van der Waals surface area contributed by atoms with Gasteiger partial charge in [-0.05, 0) is 25.3 Å². The number of nitrogens with one attached hydrogen (secondary N) is 1. The van der Waals surface area contributed by atoms with E-state index in [0.717, 1.165) is 34.4 Å². The van der Waals surface area contributed by atoms with E-state index < -0.39 is 0 Å². The number of aromatic amines is 1. The molecular weight excluding hydrogens is 244 g/mol. The fourth-order valence-electron chi connectivity index (χ4n) is 2.18. The molecule has 0 unspecified atom stereocenters. The number of hydrogen-bond donors (Lipinski definition) is 1. The number of H-pyrrole nitrogens is 1. The van der Waals surface area contributed by atoms with Crippen LogP contribution in [-0.4, -0.2) is 9.97 Å². The Hall–Kier alpha value is -1.16. The van der Waals surface area contributed by atoms with E-state index in [-0.39, 0.29) is 5.56 Å². The Balaban J connectivity index is 2.42. The molecule has 4 heteroatoms. The summed E-state index contributed by atoms with van der Waals surface area (Å²) in [7, 11) is 0. The predicted octanol–water partition coefficient (Wildman–Crippen LogP) is 3.59. The molecule has 0 bridgehead atoms. The Kier molecular flexibility index (Phi) is 4.17. The highest BCUT2D eigenvalue weighted by Crippen LogP contribution is 2.28. The SMILES string of the molecule is CCCCCc1sc2nc(CC)[nH]c(=O)c2c1C. The summed E-state index contributed by atoms with van der Waals surface area (Å²) in [5.74, 6) is 0.786. The van der Waals surface area contributed by atoms with E-state index in [0.29, 0.717) is 0 Å². The third kappa shape index (κ3) is 2.48. The van der Waals surface area contributed by atoms with Gasteiger partial charge in [0, 0.05) is 11.3 Å². The van der Waals surface area contributed by atoms with Crippen LogP contribution in [0.15, 0.2) is 4.79 Å². The van der Waals surface area contributed by atoms with Crippen molar-refractivity contribution < 1.29 is 0 Å². The van der Waals surface area contributed by atoms with Gasteiger partial charge in [-0.25, -0.2) is 4.98 Å². The molecule has 1 N–H and O–H groups in total. The molecule has 0 radical (unpaired) electrons. The van der Waals surface area contributed by atoms with Crippen molar-refractivity contribution in [3.05, 3.63) is 26.6 Å². The minimum atomic E-state index is 0.0207. The highest BCUT2D eigenvalue weighted by atomic mass is 32.1. The van der Waals surface area contributed by atoms with Crippen molar-refractivity contribution in [2.24, 2.45) is 0 Å². The van der Waals surface area contributed by atoms with Gasteiger partial charge in [0.15, 0.2) is 0 Å². The fraction of sp³-hybridized carbons (Fsp3) is 0.571. The summed E-state index contributed by atoms with van der Waals surface area (Å²) in [6, 6.07) is 0. The summed E-state index contributed by atoms with van der Waals surface area (Å²) < 4.78 is 0. The minimum Gasteiger partial charge on any atom is -0.310 e. The molecule has 0 atom stereocenters. The van der Waals surface area contributed by atoms with Gasteiger partial charge in [0.25, 0.3) is 5.56 Å². The summed E-state index contributed by atoms with van der Waals surface area (Å²) in [6.07, 6.45) is 5.51. The Bertz CT molecular complexity index is 598. The first kappa shape index (κ1) is 13.3. The Labute approximate surface area is 111 Å². The number of rotatable bonds is 5. The van der Waals surface area contributed by atoms with E-state index >= 15 is 0 Å². The summed E-state index contributed by atoms with van der Waals surface area (Å²) >= 11 is 1.69. The lowest BCUT2D eigenvalue weighted by atomic mass is 10.1. The molecule has 2 aromatic rings. The molecule has 2 rings (SSSR count). The fourth-order valence-corrected chi connectivity index (χ4v) is 3.41. The quantitative estimate of drug-likeness (QED) is 0.839. The van der Waals surface area contributed by atoms with Gasteiger partial charge in [-0.2, -0.15) is 0 Å². The normalized spacial score (nSPS) is 11.3. The lowest BCUT2D eigenvalue weighted by Gasteiger charge is -1.98. The van der Waals surface area contributed by atoms with Crippen molar-refractivity contribution in [2.75, 3.05) is 0 Å². The number of aryl methyl sites for hydroxylation is 3. The first-order valence-corrected chi connectivity index (χ1v) is 7.50. The van der Waals surface area contributed by atoms with E-state index in [2.05, 4.69) is 16.9 Å². The van der Waals surface area contributed by atoms with E-state index in [9.17, 15) is 4.79 Å². The van der Waals surface area contributed by atoms with Gasteiger partial charge in [-0.3, -0.25) is 4.79 Å². The maximum atomic E-state index is 12.0. The molecule has 18 heavy (non-hydrogen) atoms. The summed E-state index contributed by atoms with van der Waals surface area (Å²) in [4.78, 5) is 21.6. The zero-order chi connectivity index (χ0) is 13.1. The van der Waals surface area contributed by atoms with E-state index in [1.54, 1.807) is 11.3 Å². The number of thiophene rings is 1. The second kappa shape index (κ2) is 5.65. The first-order valence-electron chi connectivity index (χ1n) is 6.68. The predicted molar refractivity (Wildman–Crippen MR) is 77.6 cm³/mol. The summed E-state index contributed by atoms with van der Waals surface area (Å²) in [6.45, 7) is 6.26. The van der Waals surface area contributed by atoms with Crippen molar-refractivity contribution in [1.82, 2.24) is 9.97 Å². The average molecular weight is 264 g/mol. The van der Waals surface area contributed by atoms with Crippen molar-refractivity contribution in [3.63, 3.8) is 0 Å². The number of nitrogens with zero attached hydrogens (tertiary/aromatic N) is 1. The molecule has 0 spiro atoms. The van der Waals surface area contributed by atoms with E-state index in [1.165, 1.54) is 24.1 Å². The Morgan fingerprint density at radius 3 is 2.72 bits per heavy atom. The molecule has 0 aliphatic carbocycles. The standard InChI is InChI=1S/C14H20N2OS/c1-4-6-7-8-10-9(3)12-13(17)15-11(5-2)16-14(12)18-10/h4-8H2,1-3H3,(H,15,16,17). The van der Waals surface area contributed by atoms with Crippen molar-refractivity contribution in [3.8, 4) is 0 Å². The molecule has 3 nitrogen and oxygen atoms in total. The second-order valence-electron chi connectivity index (χ2n) is 4.65. The first-order chi connectivity index (χ1) is 8.67. The van der Waals surface area contributed by atoms with E-state index in [1.807, 2.05) is 13.8 Å². The molecule has 0 aliphatic heterocycles. The summed E-state index contributed by atoms with van der Waals surface area (Å²) in [5.41, 5.74) is 1.15.